The maximum Gasteiger partial charge on any atom is 0.168 e. The van der Waals surface area contributed by atoms with Crippen LogP contribution in [0.5, 0.6) is 5.75 Å². The number of carbonyl (C=O) groups is 1. The monoisotopic (exact) mass is 229 g/mol. The van der Waals surface area contributed by atoms with E-state index in [2.05, 4.69) is 10.3 Å². The third kappa shape index (κ3) is 2.52. The number of nitrogens with one attached hydrogen (secondary N) is 1. The van der Waals surface area contributed by atoms with Crippen LogP contribution < -0.4 is 11.1 Å². The van der Waals surface area contributed by atoms with Crippen LogP contribution in [0.1, 0.15) is 10.5 Å². The molecule has 0 unspecified atom stereocenters. The molecule has 0 aliphatic rings. The van der Waals surface area contributed by atoms with E-state index in [1.165, 1.54) is 0 Å². The van der Waals surface area contributed by atoms with Crippen LogP contribution >= 0.6 is 0 Å². The number of aromatic nitrogens is 1. The Morgan fingerprint density at radius 3 is 2.76 bits per heavy atom. The SMILES string of the molecule is Nc1cc(Nc2ccccc2O)cc(C=O)n1. The Kier molecular flexibility index (Phi) is 2.91. The van der Waals surface area contributed by atoms with Gasteiger partial charge in [-0.05, 0) is 18.2 Å². The Bertz CT molecular complexity index is 555. The minimum absolute atomic E-state index is 0.121. The quantitative estimate of drug-likeness (QED) is 0.552. The van der Waals surface area contributed by atoms with E-state index in [-0.39, 0.29) is 17.3 Å². The van der Waals surface area contributed by atoms with Crippen LogP contribution in [-0.2, 0) is 0 Å². The Morgan fingerprint density at radius 1 is 1.29 bits per heavy atom. The summed E-state index contributed by atoms with van der Waals surface area (Å²) in [6.07, 6.45) is 0.617. The third-order valence-corrected chi connectivity index (χ3v) is 2.17. The second kappa shape index (κ2) is 4.52. The van der Waals surface area contributed by atoms with Gasteiger partial charge in [-0.25, -0.2) is 4.98 Å². The van der Waals surface area contributed by atoms with Gasteiger partial charge in [-0.2, -0.15) is 0 Å². The fourth-order valence-electron chi connectivity index (χ4n) is 1.44. The van der Waals surface area contributed by atoms with E-state index in [0.717, 1.165) is 0 Å². The zero-order valence-electron chi connectivity index (χ0n) is 8.92. The summed E-state index contributed by atoms with van der Waals surface area (Å²) in [7, 11) is 0. The normalized spacial score (nSPS) is 9.88. The fourth-order valence-corrected chi connectivity index (χ4v) is 1.44. The summed E-state index contributed by atoms with van der Waals surface area (Å²) in [5.41, 5.74) is 6.93. The number of para-hydroxylation sites is 2. The summed E-state index contributed by atoms with van der Waals surface area (Å²) in [4.78, 5) is 14.5. The van der Waals surface area contributed by atoms with Crippen molar-refractivity contribution in [1.82, 2.24) is 4.98 Å². The second-order valence-corrected chi connectivity index (χ2v) is 3.47. The van der Waals surface area contributed by atoms with Crippen molar-refractivity contribution in [3.05, 3.63) is 42.1 Å². The third-order valence-electron chi connectivity index (χ3n) is 2.17. The molecule has 0 saturated heterocycles. The summed E-state index contributed by atoms with van der Waals surface area (Å²) in [5, 5.41) is 12.5. The van der Waals surface area contributed by atoms with Crippen LogP contribution in [0.25, 0.3) is 0 Å². The van der Waals surface area contributed by atoms with Crippen molar-refractivity contribution in [3.8, 4) is 5.75 Å². The van der Waals surface area contributed by atoms with Crippen molar-refractivity contribution in [2.24, 2.45) is 0 Å². The van der Waals surface area contributed by atoms with Crippen molar-refractivity contribution in [2.45, 2.75) is 0 Å². The summed E-state index contributed by atoms with van der Waals surface area (Å²) < 4.78 is 0. The van der Waals surface area contributed by atoms with Crippen LogP contribution in [0.4, 0.5) is 17.2 Å². The first kappa shape index (κ1) is 10.9. The number of hydrogen-bond donors (Lipinski definition) is 3. The molecule has 0 saturated carbocycles. The molecule has 0 aliphatic heterocycles. The molecule has 0 fully saturated rings. The largest absolute Gasteiger partial charge is 0.506 e. The highest BCUT2D eigenvalue weighted by atomic mass is 16.3. The van der Waals surface area contributed by atoms with E-state index < -0.39 is 0 Å². The predicted octanol–water partition coefficient (Wildman–Crippen LogP) is 1.93. The lowest BCUT2D eigenvalue weighted by molar-refractivity contribution is 0.111. The van der Waals surface area contributed by atoms with Gasteiger partial charge in [-0.1, -0.05) is 12.1 Å². The number of carbonyl (C=O) groups excluding carboxylic acids is 1. The molecule has 0 spiro atoms. The average molecular weight is 229 g/mol. The Balaban J connectivity index is 2.33. The molecular formula is C12H11N3O2. The molecule has 5 nitrogen and oxygen atoms in total. The maximum absolute atomic E-state index is 10.6. The lowest BCUT2D eigenvalue weighted by atomic mass is 10.2. The van der Waals surface area contributed by atoms with Gasteiger partial charge in [-0.3, -0.25) is 4.79 Å². The van der Waals surface area contributed by atoms with Gasteiger partial charge >= 0.3 is 0 Å². The molecule has 0 amide bonds. The van der Waals surface area contributed by atoms with Gasteiger partial charge < -0.3 is 16.2 Å². The molecule has 1 aromatic carbocycles. The standard InChI is InChI=1S/C12H11N3O2/c13-12-6-8(5-9(7-16)15-12)14-10-3-1-2-4-11(10)17/h1-7,17H,(H3,13,14,15). The molecule has 0 radical (unpaired) electrons. The molecule has 2 rings (SSSR count). The van der Waals surface area contributed by atoms with E-state index >= 15 is 0 Å². The molecule has 4 N–H and O–H groups in total. The number of nitrogens with zero attached hydrogens (tertiary/aromatic N) is 1. The minimum atomic E-state index is 0.121. The van der Waals surface area contributed by atoms with Crippen LogP contribution in [-0.4, -0.2) is 16.4 Å². The van der Waals surface area contributed by atoms with Gasteiger partial charge in [0.15, 0.2) is 6.29 Å². The number of phenolic OH excluding ortho intramolecular Hbond substituents is 1. The van der Waals surface area contributed by atoms with E-state index in [1.54, 1.807) is 36.4 Å². The van der Waals surface area contributed by atoms with Gasteiger partial charge in [0.1, 0.15) is 17.3 Å². The van der Waals surface area contributed by atoms with Crippen LogP contribution in [0.2, 0.25) is 0 Å². The van der Waals surface area contributed by atoms with Gasteiger partial charge in [0.2, 0.25) is 0 Å². The summed E-state index contributed by atoms with van der Waals surface area (Å²) >= 11 is 0. The number of hydrogen-bond acceptors (Lipinski definition) is 5. The van der Waals surface area contributed by atoms with Crippen molar-refractivity contribution in [2.75, 3.05) is 11.1 Å². The molecule has 86 valence electrons. The van der Waals surface area contributed by atoms with Crippen molar-refractivity contribution in [1.29, 1.82) is 0 Å². The number of aromatic hydroxyl groups is 1. The molecule has 17 heavy (non-hydrogen) atoms. The first-order valence-electron chi connectivity index (χ1n) is 4.97. The Labute approximate surface area is 97.9 Å². The highest BCUT2D eigenvalue weighted by Crippen LogP contribution is 2.26. The zero-order chi connectivity index (χ0) is 12.3. The van der Waals surface area contributed by atoms with E-state index in [4.69, 9.17) is 5.73 Å². The van der Waals surface area contributed by atoms with Gasteiger partial charge in [0.05, 0.1) is 5.69 Å². The van der Waals surface area contributed by atoms with E-state index in [0.29, 0.717) is 17.7 Å². The summed E-state index contributed by atoms with van der Waals surface area (Å²) in [6.45, 7) is 0. The van der Waals surface area contributed by atoms with Gasteiger partial charge in [0, 0.05) is 11.8 Å². The fraction of sp³-hybridized carbons (Fsp3) is 0. The molecule has 1 heterocycles. The van der Waals surface area contributed by atoms with Crippen molar-refractivity contribution >= 4 is 23.5 Å². The van der Waals surface area contributed by atoms with Crippen molar-refractivity contribution in [3.63, 3.8) is 0 Å². The number of benzene rings is 1. The van der Waals surface area contributed by atoms with Crippen molar-refractivity contribution < 1.29 is 9.90 Å². The van der Waals surface area contributed by atoms with Gasteiger partial charge in [-0.15, -0.1) is 0 Å². The number of rotatable bonds is 3. The summed E-state index contributed by atoms with van der Waals surface area (Å²) in [5.74, 6) is 0.364. The minimum Gasteiger partial charge on any atom is -0.506 e. The first-order chi connectivity index (χ1) is 8.19. The lowest BCUT2D eigenvalue weighted by Crippen LogP contribution is -1.98. The van der Waals surface area contributed by atoms with Crippen LogP contribution in [0.15, 0.2) is 36.4 Å². The molecule has 0 aliphatic carbocycles. The smallest absolute Gasteiger partial charge is 0.168 e. The Morgan fingerprint density at radius 2 is 2.06 bits per heavy atom. The number of phenols is 1. The molecule has 1 aromatic heterocycles. The average Bonchev–Trinajstić information content (AvgIpc) is 2.31. The van der Waals surface area contributed by atoms with E-state index in [1.807, 2.05) is 0 Å². The second-order valence-electron chi connectivity index (χ2n) is 3.47. The molecule has 0 bridgehead atoms. The number of anilines is 3. The lowest BCUT2D eigenvalue weighted by Gasteiger charge is -2.08. The van der Waals surface area contributed by atoms with E-state index in [9.17, 15) is 9.90 Å². The number of pyridine rings is 1. The number of nitrogen functional groups attached to an aromatic ring is 1. The van der Waals surface area contributed by atoms with Gasteiger partial charge in [0.25, 0.3) is 0 Å². The van der Waals surface area contributed by atoms with Crippen LogP contribution in [0.3, 0.4) is 0 Å². The number of nitrogens with two attached hydrogens (primary N) is 1. The number of aldehydes is 1. The highest BCUT2D eigenvalue weighted by Gasteiger charge is 2.03. The predicted molar refractivity (Wildman–Crippen MR) is 65.4 cm³/mol. The van der Waals surface area contributed by atoms with Crippen LogP contribution in [0, 0.1) is 0 Å². The molecule has 2 aromatic rings. The maximum atomic E-state index is 10.6. The highest BCUT2D eigenvalue weighted by molar-refractivity contribution is 5.77. The Hall–Kier alpha value is -2.56. The summed E-state index contributed by atoms with van der Waals surface area (Å²) in [6, 6.07) is 9.92. The topological polar surface area (TPSA) is 88.2 Å². The molecule has 5 heteroatoms. The molecular weight excluding hydrogens is 218 g/mol. The molecule has 0 atom stereocenters. The zero-order valence-corrected chi connectivity index (χ0v) is 8.92. The first-order valence-corrected chi connectivity index (χ1v) is 4.97.